The molecule has 0 aliphatic carbocycles. The summed E-state index contributed by atoms with van der Waals surface area (Å²) in [7, 11) is 1.56. The van der Waals surface area contributed by atoms with Gasteiger partial charge < -0.3 is 19.4 Å². The van der Waals surface area contributed by atoms with Crippen LogP contribution in [0, 0.1) is 0 Å². The number of halogens is 1. The molecule has 3 aromatic rings. The van der Waals surface area contributed by atoms with E-state index in [2.05, 4.69) is 10.4 Å². The van der Waals surface area contributed by atoms with Crippen molar-refractivity contribution in [2.24, 2.45) is 5.10 Å². The normalized spacial score (nSPS) is 19.3. The third-order valence-corrected chi connectivity index (χ3v) is 6.19. The molecule has 0 saturated carbocycles. The van der Waals surface area contributed by atoms with Crippen LogP contribution < -0.4 is 15.0 Å². The van der Waals surface area contributed by atoms with Crippen LogP contribution in [-0.2, 0) is 9.59 Å². The van der Waals surface area contributed by atoms with Crippen LogP contribution in [0.15, 0.2) is 76.4 Å². The number of nitrogens with one attached hydrogen (secondary N) is 1. The van der Waals surface area contributed by atoms with E-state index in [0.717, 1.165) is 17.0 Å². The van der Waals surface area contributed by atoms with Gasteiger partial charge in [0.1, 0.15) is 17.6 Å². The number of hydrogen-bond acceptors (Lipinski definition) is 6. The van der Waals surface area contributed by atoms with Gasteiger partial charge in [0.05, 0.1) is 30.8 Å². The van der Waals surface area contributed by atoms with Gasteiger partial charge in [-0.15, -0.1) is 0 Å². The van der Waals surface area contributed by atoms with Crippen LogP contribution in [-0.4, -0.2) is 48.8 Å². The number of rotatable bonds is 5. The van der Waals surface area contributed by atoms with E-state index in [-0.39, 0.29) is 30.9 Å². The summed E-state index contributed by atoms with van der Waals surface area (Å²) in [6.45, 7) is 0.276. The van der Waals surface area contributed by atoms with E-state index in [0.29, 0.717) is 23.0 Å². The lowest BCUT2D eigenvalue weighted by Crippen LogP contribution is -2.50. The van der Waals surface area contributed by atoms with E-state index in [4.69, 9.17) is 20.8 Å². The molecule has 9 heteroatoms. The number of likely N-dealkylation sites (N-methyl/N-ethyl adjacent to an activating group) is 1. The summed E-state index contributed by atoms with van der Waals surface area (Å²) in [4.78, 5) is 27.7. The van der Waals surface area contributed by atoms with Crippen molar-refractivity contribution in [2.45, 2.75) is 18.6 Å². The van der Waals surface area contributed by atoms with Crippen LogP contribution in [0.3, 0.4) is 0 Å². The Balaban J connectivity index is 1.43. The monoisotopic (exact) mass is 478 g/mol. The van der Waals surface area contributed by atoms with E-state index in [1.165, 1.54) is 5.01 Å². The fourth-order valence-electron chi connectivity index (χ4n) is 4.25. The number of furan rings is 1. The maximum Gasteiger partial charge on any atom is 0.262 e. The summed E-state index contributed by atoms with van der Waals surface area (Å²) in [5, 5.41) is 9.41. The first-order valence-electron chi connectivity index (χ1n) is 10.9. The van der Waals surface area contributed by atoms with E-state index < -0.39 is 6.10 Å². The smallest absolute Gasteiger partial charge is 0.262 e. The summed E-state index contributed by atoms with van der Waals surface area (Å²) < 4.78 is 11.5. The third kappa shape index (κ3) is 4.24. The highest BCUT2D eigenvalue weighted by Crippen LogP contribution is 2.36. The zero-order valence-corrected chi connectivity index (χ0v) is 19.2. The maximum absolute atomic E-state index is 13.6. The Morgan fingerprint density at radius 3 is 2.65 bits per heavy atom. The van der Waals surface area contributed by atoms with Crippen LogP contribution in [0.2, 0.25) is 5.02 Å². The van der Waals surface area contributed by atoms with Crippen LogP contribution in [0.4, 0.5) is 5.69 Å². The van der Waals surface area contributed by atoms with E-state index in [1.807, 2.05) is 41.3 Å². The van der Waals surface area contributed by atoms with Gasteiger partial charge in [0.25, 0.3) is 11.8 Å². The number of benzene rings is 2. The summed E-state index contributed by atoms with van der Waals surface area (Å²) in [5.41, 5.74) is 2.43. The topological polar surface area (TPSA) is 87.4 Å². The SMILES string of the molecule is CNC(=O)[C@@H]1CN(CC(=O)N2N=C(c3ccc(Cl)cc3)C[C@H]2c2ccco2)c2ccccc2O1. The lowest BCUT2D eigenvalue weighted by Gasteiger charge is -2.35. The predicted molar refractivity (Wildman–Crippen MR) is 128 cm³/mol. The maximum atomic E-state index is 13.6. The Hall–Kier alpha value is -3.78. The molecule has 0 saturated heterocycles. The first-order valence-corrected chi connectivity index (χ1v) is 11.3. The van der Waals surface area contributed by atoms with Crippen LogP contribution >= 0.6 is 11.6 Å². The minimum absolute atomic E-state index is 0.0302. The Bertz CT molecular complexity index is 1230. The number of fused-ring (bicyclic) bond motifs is 1. The lowest BCUT2D eigenvalue weighted by atomic mass is 10.0. The minimum atomic E-state index is -0.722. The van der Waals surface area contributed by atoms with Gasteiger partial charge >= 0.3 is 0 Å². The number of amides is 2. The highest BCUT2D eigenvalue weighted by atomic mass is 35.5. The van der Waals surface area contributed by atoms with Crippen molar-refractivity contribution in [2.75, 3.05) is 25.0 Å². The molecule has 0 unspecified atom stereocenters. The van der Waals surface area contributed by atoms with Gasteiger partial charge in [-0.2, -0.15) is 5.10 Å². The number of carbonyl (C=O) groups excluding carboxylic acids is 2. The molecule has 0 spiro atoms. The van der Waals surface area contributed by atoms with Crippen LogP contribution in [0.5, 0.6) is 5.75 Å². The second-order valence-electron chi connectivity index (χ2n) is 8.10. The van der Waals surface area contributed by atoms with Crippen LogP contribution in [0.1, 0.15) is 23.8 Å². The number of para-hydroxylation sites is 2. The van der Waals surface area contributed by atoms with Crippen molar-refractivity contribution in [1.29, 1.82) is 0 Å². The zero-order chi connectivity index (χ0) is 23.7. The Labute approximate surface area is 201 Å². The highest BCUT2D eigenvalue weighted by Gasteiger charge is 2.37. The van der Waals surface area contributed by atoms with Gasteiger partial charge in [0.15, 0.2) is 6.10 Å². The summed E-state index contributed by atoms with van der Waals surface area (Å²) >= 11 is 6.04. The molecule has 174 valence electrons. The van der Waals surface area contributed by atoms with Gasteiger partial charge in [-0.05, 0) is 42.0 Å². The summed E-state index contributed by atoms with van der Waals surface area (Å²) in [6.07, 6.45) is 1.38. The zero-order valence-electron chi connectivity index (χ0n) is 18.5. The standard InChI is InChI=1S/C25H23ClN4O4/c1-27-25(32)23-14-29(19-5-2-3-6-22(19)34-23)15-24(31)30-20(21-7-4-12-33-21)13-18(28-30)16-8-10-17(26)11-9-16/h2-12,20,23H,13-15H2,1H3,(H,27,32)/t20-,23-/m0/s1. The molecule has 8 nitrogen and oxygen atoms in total. The van der Waals surface area contributed by atoms with Gasteiger partial charge in [0, 0.05) is 18.5 Å². The van der Waals surface area contributed by atoms with E-state index in [1.54, 1.807) is 37.6 Å². The molecular weight excluding hydrogens is 456 g/mol. The molecule has 0 radical (unpaired) electrons. The van der Waals surface area contributed by atoms with Crippen molar-refractivity contribution in [3.05, 3.63) is 83.3 Å². The van der Waals surface area contributed by atoms with Gasteiger partial charge in [-0.3, -0.25) is 9.59 Å². The molecule has 5 rings (SSSR count). The lowest BCUT2D eigenvalue weighted by molar-refractivity contribution is -0.132. The molecule has 0 bridgehead atoms. The van der Waals surface area contributed by atoms with Gasteiger partial charge in [0.2, 0.25) is 0 Å². The van der Waals surface area contributed by atoms with E-state index >= 15 is 0 Å². The van der Waals surface area contributed by atoms with Crippen molar-refractivity contribution in [3.63, 3.8) is 0 Å². The second kappa shape index (κ2) is 9.23. The molecular formula is C25H23ClN4O4. The highest BCUT2D eigenvalue weighted by molar-refractivity contribution is 6.30. The number of anilines is 1. The number of ether oxygens (including phenoxy) is 1. The van der Waals surface area contributed by atoms with Crippen molar-refractivity contribution in [3.8, 4) is 5.75 Å². The molecule has 2 aromatic carbocycles. The molecule has 0 fully saturated rings. The van der Waals surface area contributed by atoms with Gasteiger partial charge in [-0.25, -0.2) is 5.01 Å². The van der Waals surface area contributed by atoms with E-state index in [9.17, 15) is 9.59 Å². The molecule has 2 amide bonds. The average Bonchev–Trinajstić information content (AvgIpc) is 3.54. The predicted octanol–water partition coefficient (Wildman–Crippen LogP) is 3.62. The minimum Gasteiger partial charge on any atom is -0.477 e. The quantitative estimate of drug-likeness (QED) is 0.605. The fourth-order valence-corrected chi connectivity index (χ4v) is 4.38. The molecule has 1 N–H and O–H groups in total. The molecule has 1 aromatic heterocycles. The third-order valence-electron chi connectivity index (χ3n) is 5.94. The Kier molecular flexibility index (Phi) is 5.98. The Morgan fingerprint density at radius 2 is 1.91 bits per heavy atom. The molecule has 2 aliphatic rings. The molecule has 3 heterocycles. The van der Waals surface area contributed by atoms with Crippen molar-refractivity contribution < 1.29 is 18.7 Å². The molecule has 2 aliphatic heterocycles. The molecule has 2 atom stereocenters. The Morgan fingerprint density at radius 1 is 1.12 bits per heavy atom. The number of hydrogen-bond donors (Lipinski definition) is 1. The first-order chi connectivity index (χ1) is 16.5. The largest absolute Gasteiger partial charge is 0.477 e. The number of hydrazone groups is 1. The molecule has 34 heavy (non-hydrogen) atoms. The fraction of sp³-hybridized carbons (Fsp3) is 0.240. The summed E-state index contributed by atoms with van der Waals surface area (Å²) in [6, 6.07) is 18.0. The average molecular weight is 479 g/mol. The van der Waals surface area contributed by atoms with Crippen molar-refractivity contribution in [1.82, 2.24) is 10.3 Å². The van der Waals surface area contributed by atoms with Gasteiger partial charge in [-0.1, -0.05) is 35.9 Å². The first kappa shape index (κ1) is 22.0. The number of carbonyl (C=O) groups is 2. The number of nitrogens with zero attached hydrogens (tertiary/aromatic N) is 3. The second-order valence-corrected chi connectivity index (χ2v) is 8.53. The van der Waals surface area contributed by atoms with Crippen LogP contribution in [0.25, 0.3) is 0 Å². The van der Waals surface area contributed by atoms with Crippen molar-refractivity contribution >= 4 is 34.8 Å². The summed E-state index contributed by atoms with van der Waals surface area (Å²) in [5.74, 6) is 0.763.